The Bertz CT molecular complexity index is 750. The molecule has 1 aliphatic heterocycles. The lowest BCUT2D eigenvalue weighted by molar-refractivity contribution is 0.451. The zero-order valence-electron chi connectivity index (χ0n) is 15.6. The molecule has 25 heavy (non-hydrogen) atoms. The molecule has 1 aliphatic carbocycles. The van der Waals surface area contributed by atoms with Gasteiger partial charge in [-0.05, 0) is 59.3 Å². The Labute approximate surface area is 149 Å². The molecule has 1 atom stereocenters. The maximum atomic E-state index is 4.86. The van der Waals surface area contributed by atoms with Gasteiger partial charge in [0.15, 0.2) is 0 Å². The second-order valence-electron chi connectivity index (χ2n) is 7.70. The third-order valence-corrected chi connectivity index (χ3v) is 5.52. The summed E-state index contributed by atoms with van der Waals surface area (Å²) >= 11 is 0. The minimum absolute atomic E-state index is 0.398. The molecule has 134 valence electrons. The van der Waals surface area contributed by atoms with Crippen molar-refractivity contribution >= 4 is 5.82 Å². The molecule has 0 saturated carbocycles. The van der Waals surface area contributed by atoms with Crippen LogP contribution in [0.25, 0.3) is 0 Å². The second-order valence-corrected chi connectivity index (χ2v) is 7.70. The first kappa shape index (κ1) is 16.5. The van der Waals surface area contributed by atoms with Crippen molar-refractivity contribution < 1.29 is 0 Å². The van der Waals surface area contributed by atoms with E-state index in [2.05, 4.69) is 33.5 Å². The minimum Gasteiger partial charge on any atom is -0.356 e. The van der Waals surface area contributed by atoms with Crippen LogP contribution in [0.3, 0.4) is 0 Å². The quantitative estimate of drug-likeness (QED) is 0.858. The largest absolute Gasteiger partial charge is 0.356 e. The fraction of sp³-hybridized carbons (Fsp3) is 0.684. The molecule has 6 heteroatoms. The number of aromatic nitrogens is 5. The van der Waals surface area contributed by atoms with Crippen molar-refractivity contribution in [3.8, 4) is 0 Å². The van der Waals surface area contributed by atoms with Gasteiger partial charge in [-0.25, -0.2) is 9.97 Å². The van der Waals surface area contributed by atoms with E-state index < -0.39 is 0 Å². The Morgan fingerprint density at radius 1 is 1.12 bits per heavy atom. The molecular weight excluding hydrogens is 312 g/mol. The summed E-state index contributed by atoms with van der Waals surface area (Å²) in [5, 5.41) is 8.62. The Morgan fingerprint density at radius 2 is 1.96 bits per heavy atom. The summed E-state index contributed by atoms with van der Waals surface area (Å²) in [5.41, 5.74) is 2.67. The van der Waals surface area contributed by atoms with Crippen LogP contribution in [0.1, 0.15) is 74.4 Å². The highest BCUT2D eigenvalue weighted by Gasteiger charge is 2.29. The van der Waals surface area contributed by atoms with E-state index in [-0.39, 0.29) is 0 Å². The van der Waals surface area contributed by atoms with Crippen molar-refractivity contribution in [2.45, 2.75) is 71.3 Å². The first-order chi connectivity index (χ1) is 12.1. The summed E-state index contributed by atoms with van der Waals surface area (Å²) < 4.78 is 2.22. The number of nitrogens with zero attached hydrogens (tertiary/aromatic N) is 6. The average Bonchev–Trinajstić information content (AvgIpc) is 3.11. The topological polar surface area (TPSA) is 59.7 Å². The van der Waals surface area contributed by atoms with Crippen LogP contribution in [0, 0.1) is 6.92 Å². The Kier molecular flexibility index (Phi) is 4.44. The lowest BCUT2D eigenvalue weighted by atomic mass is 9.93. The molecule has 2 aromatic heterocycles. The van der Waals surface area contributed by atoms with Crippen molar-refractivity contribution in [3.63, 3.8) is 0 Å². The first-order valence-corrected chi connectivity index (χ1v) is 9.64. The van der Waals surface area contributed by atoms with E-state index in [1.807, 2.05) is 13.3 Å². The summed E-state index contributed by atoms with van der Waals surface area (Å²) in [7, 11) is 0. The lowest BCUT2D eigenvalue weighted by Crippen LogP contribution is -2.37. The fourth-order valence-corrected chi connectivity index (χ4v) is 4.28. The fourth-order valence-electron chi connectivity index (χ4n) is 4.28. The molecule has 6 nitrogen and oxygen atoms in total. The van der Waals surface area contributed by atoms with Crippen molar-refractivity contribution in [3.05, 3.63) is 29.2 Å². The van der Waals surface area contributed by atoms with E-state index in [0.29, 0.717) is 12.0 Å². The maximum Gasteiger partial charge on any atom is 0.137 e. The standard InChI is InChI=1S/C19H28N6/c1-13(2)25-12-20-23-18(25)15-7-6-10-24(11-15)19-16-8-4-5-9-17(16)21-14(3)22-19/h12-13,15H,4-11H2,1-3H3. The molecular formula is C19H28N6. The van der Waals surface area contributed by atoms with Gasteiger partial charge in [0.05, 0.1) is 0 Å². The van der Waals surface area contributed by atoms with Crippen LogP contribution in [0.2, 0.25) is 0 Å². The summed E-state index contributed by atoms with van der Waals surface area (Å²) in [6, 6.07) is 0.398. The number of fused-ring (bicyclic) bond motifs is 1. The molecule has 2 aliphatic rings. The smallest absolute Gasteiger partial charge is 0.137 e. The van der Waals surface area contributed by atoms with Crippen LogP contribution in [-0.2, 0) is 12.8 Å². The predicted octanol–water partition coefficient (Wildman–Crippen LogP) is 3.22. The maximum absolute atomic E-state index is 4.86. The van der Waals surface area contributed by atoms with Crippen molar-refractivity contribution in [1.29, 1.82) is 0 Å². The summed E-state index contributed by atoms with van der Waals surface area (Å²) in [6.07, 6.45) is 8.95. The Hall–Kier alpha value is -1.98. The molecule has 0 amide bonds. The normalized spacial score (nSPS) is 20.8. The highest BCUT2D eigenvalue weighted by molar-refractivity contribution is 5.51. The van der Waals surface area contributed by atoms with Crippen LogP contribution in [-0.4, -0.2) is 37.8 Å². The molecule has 3 heterocycles. The van der Waals surface area contributed by atoms with Crippen LogP contribution < -0.4 is 4.90 Å². The molecule has 0 aromatic carbocycles. The zero-order valence-corrected chi connectivity index (χ0v) is 15.6. The van der Waals surface area contributed by atoms with Gasteiger partial charge in [-0.3, -0.25) is 0 Å². The van der Waals surface area contributed by atoms with Gasteiger partial charge in [-0.2, -0.15) is 0 Å². The molecule has 0 bridgehead atoms. The van der Waals surface area contributed by atoms with Gasteiger partial charge in [0.2, 0.25) is 0 Å². The highest BCUT2D eigenvalue weighted by atomic mass is 15.3. The molecule has 4 rings (SSSR count). The number of hydrogen-bond acceptors (Lipinski definition) is 5. The van der Waals surface area contributed by atoms with E-state index in [4.69, 9.17) is 9.97 Å². The molecule has 2 aromatic rings. The lowest BCUT2D eigenvalue weighted by Gasteiger charge is -2.35. The SMILES string of the molecule is Cc1nc2c(c(N3CCCC(c4nncn4C(C)C)C3)n1)CCCC2. The predicted molar refractivity (Wildman–Crippen MR) is 98.0 cm³/mol. The molecule has 0 spiro atoms. The summed E-state index contributed by atoms with van der Waals surface area (Å²) in [6.45, 7) is 8.47. The number of rotatable bonds is 3. The van der Waals surface area contributed by atoms with E-state index in [0.717, 1.165) is 37.6 Å². The van der Waals surface area contributed by atoms with E-state index in [1.54, 1.807) is 0 Å². The monoisotopic (exact) mass is 340 g/mol. The van der Waals surface area contributed by atoms with Crippen molar-refractivity contribution in [2.75, 3.05) is 18.0 Å². The molecule has 0 N–H and O–H groups in total. The van der Waals surface area contributed by atoms with E-state index in [1.165, 1.54) is 42.8 Å². The van der Waals surface area contributed by atoms with Gasteiger partial charge in [0.1, 0.15) is 23.8 Å². The van der Waals surface area contributed by atoms with Crippen molar-refractivity contribution in [1.82, 2.24) is 24.7 Å². The highest BCUT2D eigenvalue weighted by Crippen LogP contribution is 2.33. The molecule has 1 unspecified atom stereocenters. The minimum atomic E-state index is 0.398. The van der Waals surface area contributed by atoms with E-state index >= 15 is 0 Å². The second kappa shape index (κ2) is 6.73. The van der Waals surface area contributed by atoms with Crippen molar-refractivity contribution in [2.24, 2.45) is 0 Å². The van der Waals surface area contributed by atoms with Crippen LogP contribution in [0.15, 0.2) is 6.33 Å². The van der Waals surface area contributed by atoms with Crippen LogP contribution in [0.5, 0.6) is 0 Å². The molecule has 1 fully saturated rings. The zero-order chi connectivity index (χ0) is 17.4. The Balaban J connectivity index is 1.64. The van der Waals surface area contributed by atoms with Gasteiger partial charge in [0.25, 0.3) is 0 Å². The first-order valence-electron chi connectivity index (χ1n) is 9.64. The van der Waals surface area contributed by atoms with Gasteiger partial charge in [0, 0.05) is 36.3 Å². The average molecular weight is 340 g/mol. The molecule has 0 radical (unpaired) electrons. The number of aryl methyl sites for hydroxylation is 2. The van der Waals surface area contributed by atoms with E-state index in [9.17, 15) is 0 Å². The van der Waals surface area contributed by atoms with Crippen LogP contribution >= 0.6 is 0 Å². The van der Waals surface area contributed by atoms with Gasteiger partial charge < -0.3 is 9.47 Å². The van der Waals surface area contributed by atoms with Gasteiger partial charge >= 0.3 is 0 Å². The van der Waals surface area contributed by atoms with Gasteiger partial charge in [-0.15, -0.1) is 10.2 Å². The number of hydrogen-bond donors (Lipinski definition) is 0. The number of piperidine rings is 1. The summed E-state index contributed by atoms with van der Waals surface area (Å²) in [4.78, 5) is 12.0. The number of anilines is 1. The van der Waals surface area contributed by atoms with Gasteiger partial charge in [-0.1, -0.05) is 0 Å². The third-order valence-electron chi connectivity index (χ3n) is 5.52. The Morgan fingerprint density at radius 3 is 2.80 bits per heavy atom. The van der Waals surface area contributed by atoms with Crippen LogP contribution in [0.4, 0.5) is 5.82 Å². The summed E-state index contributed by atoms with van der Waals surface area (Å²) in [5.74, 6) is 3.64. The third kappa shape index (κ3) is 3.14. The molecule has 1 saturated heterocycles.